The number of hydrogen-bond acceptors (Lipinski definition) is 5. The minimum atomic E-state index is 0.261. The number of hydrogen-bond donors (Lipinski definition) is 1. The normalized spacial score (nSPS) is 23.3. The fourth-order valence-corrected chi connectivity index (χ4v) is 3.78. The Morgan fingerprint density at radius 1 is 1.09 bits per heavy atom. The molecule has 4 rings (SSSR count). The van der Waals surface area contributed by atoms with Crippen LogP contribution in [0.2, 0.25) is 0 Å². The van der Waals surface area contributed by atoms with Crippen molar-refractivity contribution in [1.82, 2.24) is 10.2 Å². The summed E-state index contributed by atoms with van der Waals surface area (Å²) in [5.74, 6) is 2.42. The first-order valence-electron chi connectivity index (χ1n) is 8.09. The van der Waals surface area contributed by atoms with Crippen LogP contribution in [0.1, 0.15) is 11.1 Å². The molecule has 2 aliphatic rings. The second kappa shape index (κ2) is 5.49. The third-order valence-electron chi connectivity index (χ3n) is 4.93. The van der Waals surface area contributed by atoms with Crippen LogP contribution in [0.3, 0.4) is 0 Å². The van der Waals surface area contributed by atoms with Crippen molar-refractivity contribution in [2.45, 2.75) is 13.8 Å². The molecule has 2 atom stereocenters. The second-order valence-corrected chi connectivity index (χ2v) is 6.72. The lowest BCUT2D eigenvalue weighted by Gasteiger charge is -2.18. The number of aromatic hydroxyl groups is 1. The van der Waals surface area contributed by atoms with E-state index in [1.165, 1.54) is 0 Å². The van der Waals surface area contributed by atoms with Crippen molar-refractivity contribution >= 4 is 5.82 Å². The van der Waals surface area contributed by atoms with E-state index in [4.69, 9.17) is 4.74 Å². The molecule has 0 bridgehead atoms. The van der Waals surface area contributed by atoms with Crippen LogP contribution >= 0.6 is 0 Å². The molecule has 2 aliphatic heterocycles. The largest absolute Gasteiger partial charge is 0.507 e. The molecule has 0 unspecified atom stereocenters. The average Bonchev–Trinajstić information content (AvgIpc) is 3.08. The molecule has 0 aliphatic carbocycles. The zero-order chi connectivity index (χ0) is 16.0. The second-order valence-electron chi connectivity index (χ2n) is 6.72. The Morgan fingerprint density at radius 3 is 2.43 bits per heavy atom. The van der Waals surface area contributed by atoms with Gasteiger partial charge < -0.3 is 14.7 Å². The third-order valence-corrected chi connectivity index (χ3v) is 4.93. The van der Waals surface area contributed by atoms with Gasteiger partial charge in [-0.1, -0.05) is 6.07 Å². The molecular formula is C18H21N3O2. The quantitative estimate of drug-likeness (QED) is 0.923. The van der Waals surface area contributed by atoms with Gasteiger partial charge in [0.25, 0.3) is 0 Å². The molecule has 1 aromatic carbocycles. The van der Waals surface area contributed by atoms with Crippen molar-refractivity contribution in [3.05, 3.63) is 35.4 Å². The van der Waals surface area contributed by atoms with E-state index in [2.05, 4.69) is 15.1 Å². The Hall–Kier alpha value is -2.14. The monoisotopic (exact) mass is 311 g/mol. The number of fused-ring (bicyclic) bond motifs is 1. The topological polar surface area (TPSA) is 58.5 Å². The first kappa shape index (κ1) is 14.5. The van der Waals surface area contributed by atoms with E-state index in [1.807, 2.05) is 32.0 Å². The molecule has 0 saturated carbocycles. The number of benzene rings is 1. The zero-order valence-corrected chi connectivity index (χ0v) is 13.5. The van der Waals surface area contributed by atoms with Gasteiger partial charge in [0, 0.05) is 30.5 Å². The molecule has 0 spiro atoms. The highest BCUT2D eigenvalue weighted by atomic mass is 16.5. The minimum absolute atomic E-state index is 0.261. The van der Waals surface area contributed by atoms with Crippen LogP contribution in [0.5, 0.6) is 5.75 Å². The Balaban J connectivity index is 1.59. The molecule has 0 amide bonds. The molecule has 1 N–H and O–H groups in total. The lowest BCUT2D eigenvalue weighted by Crippen LogP contribution is -2.23. The van der Waals surface area contributed by atoms with E-state index in [1.54, 1.807) is 6.07 Å². The lowest BCUT2D eigenvalue weighted by atomic mass is 10.0. The molecule has 3 heterocycles. The van der Waals surface area contributed by atoms with E-state index in [0.29, 0.717) is 17.5 Å². The number of nitrogens with zero attached hydrogens (tertiary/aromatic N) is 3. The van der Waals surface area contributed by atoms with Gasteiger partial charge in [0.15, 0.2) is 5.82 Å². The first-order valence-corrected chi connectivity index (χ1v) is 8.09. The summed E-state index contributed by atoms with van der Waals surface area (Å²) in [6, 6.07) is 7.76. The first-order chi connectivity index (χ1) is 11.1. The van der Waals surface area contributed by atoms with Crippen molar-refractivity contribution in [3.8, 4) is 17.0 Å². The van der Waals surface area contributed by atoms with E-state index >= 15 is 0 Å². The van der Waals surface area contributed by atoms with Gasteiger partial charge in [-0.15, -0.1) is 10.2 Å². The average molecular weight is 311 g/mol. The molecule has 5 heteroatoms. The summed E-state index contributed by atoms with van der Waals surface area (Å²) in [5, 5.41) is 19.0. The number of phenolic OH excluding ortho intramolecular Hbond substituents is 1. The van der Waals surface area contributed by atoms with Gasteiger partial charge in [0.05, 0.1) is 18.9 Å². The number of rotatable bonds is 2. The molecular weight excluding hydrogens is 290 g/mol. The van der Waals surface area contributed by atoms with Crippen LogP contribution in [-0.4, -0.2) is 41.6 Å². The maximum Gasteiger partial charge on any atom is 0.151 e. The molecule has 23 heavy (non-hydrogen) atoms. The highest BCUT2D eigenvalue weighted by Crippen LogP contribution is 2.34. The van der Waals surface area contributed by atoms with Crippen molar-refractivity contribution in [2.75, 3.05) is 31.2 Å². The summed E-state index contributed by atoms with van der Waals surface area (Å²) in [4.78, 5) is 2.29. The Morgan fingerprint density at radius 2 is 1.83 bits per heavy atom. The predicted octanol–water partition coefficient (Wildman–Crippen LogP) is 2.55. The molecule has 2 saturated heterocycles. The van der Waals surface area contributed by atoms with Crippen LogP contribution in [0.25, 0.3) is 11.3 Å². The smallest absolute Gasteiger partial charge is 0.151 e. The summed E-state index contributed by atoms with van der Waals surface area (Å²) < 4.78 is 5.52. The van der Waals surface area contributed by atoms with Crippen molar-refractivity contribution < 1.29 is 9.84 Å². The lowest BCUT2D eigenvalue weighted by molar-refractivity contribution is 0.177. The number of phenols is 1. The van der Waals surface area contributed by atoms with Gasteiger partial charge in [-0.05, 0) is 43.2 Å². The maximum absolute atomic E-state index is 10.2. The SMILES string of the molecule is Cc1cc(C)c(-c2ccc(N3C[C@H]4COC[C@@H]4C3)nn2)c(O)c1. The van der Waals surface area contributed by atoms with Gasteiger partial charge in [-0.2, -0.15) is 0 Å². The van der Waals surface area contributed by atoms with Crippen LogP contribution in [0.15, 0.2) is 24.3 Å². The van der Waals surface area contributed by atoms with E-state index < -0.39 is 0 Å². The summed E-state index contributed by atoms with van der Waals surface area (Å²) in [5.41, 5.74) is 3.53. The van der Waals surface area contributed by atoms with E-state index in [0.717, 1.165) is 48.8 Å². The Labute approximate surface area is 135 Å². The third kappa shape index (κ3) is 2.55. The number of aryl methyl sites for hydroxylation is 2. The Kier molecular flexibility index (Phi) is 3.45. The van der Waals surface area contributed by atoms with Crippen LogP contribution in [-0.2, 0) is 4.74 Å². The van der Waals surface area contributed by atoms with Crippen molar-refractivity contribution in [2.24, 2.45) is 11.8 Å². The molecule has 2 aromatic rings. The van der Waals surface area contributed by atoms with Gasteiger partial charge >= 0.3 is 0 Å². The van der Waals surface area contributed by atoms with Gasteiger partial charge in [-0.3, -0.25) is 0 Å². The zero-order valence-electron chi connectivity index (χ0n) is 13.5. The van der Waals surface area contributed by atoms with Crippen molar-refractivity contribution in [3.63, 3.8) is 0 Å². The highest BCUT2D eigenvalue weighted by Gasteiger charge is 2.37. The fourth-order valence-electron chi connectivity index (χ4n) is 3.78. The van der Waals surface area contributed by atoms with Gasteiger partial charge in [-0.25, -0.2) is 0 Å². The van der Waals surface area contributed by atoms with E-state index in [-0.39, 0.29) is 5.75 Å². The van der Waals surface area contributed by atoms with Gasteiger partial charge in [0.2, 0.25) is 0 Å². The van der Waals surface area contributed by atoms with Crippen LogP contribution in [0.4, 0.5) is 5.82 Å². The molecule has 0 radical (unpaired) electrons. The molecule has 120 valence electrons. The number of anilines is 1. The fraction of sp³-hybridized carbons (Fsp3) is 0.444. The minimum Gasteiger partial charge on any atom is -0.507 e. The van der Waals surface area contributed by atoms with Crippen LogP contribution in [0, 0.1) is 25.7 Å². The number of ether oxygens (including phenoxy) is 1. The maximum atomic E-state index is 10.2. The summed E-state index contributed by atoms with van der Waals surface area (Å²) in [6.07, 6.45) is 0. The Bertz CT molecular complexity index is 695. The number of aromatic nitrogens is 2. The van der Waals surface area contributed by atoms with Crippen molar-refractivity contribution in [1.29, 1.82) is 0 Å². The highest BCUT2D eigenvalue weighted by molar-refractivity contribution is 5.71. The summed E-state index contributed by atoms with van der Waals surface area (Å²) >= 11 is 0. The summed E-state index contributed by atoms with van der Waals surface area (Å²) in [7, 11) is 0. The van der Waals surface area contributed by atoms with Crippen LogP contribution < -0.4 is 4.90 Å². The van der Waals surface area contributed by atoms with Gasteiger partial charge in [0.1, 0.15) is 5.75 Å². The molecule has 2 fully saturated rings. The standard InChI is InChI=1S/C18H21N3O2/c1-11-5-12(2)18(16(22)6-11)15-3-4-17(20-19-15)21-7-13-9-23-10-14(13)8-21/h3-6,13-14,22H,7-10H2,1-2H3/t13-,14-/m0/s1. The molecule has 5 nitrogen and oxygen atoms in total. The molecule has 1 aromatic heterocycles. The predicted molar refractivity (Wildman–Crippen MR) is 88.6 cm³/mol. The summed E-state index contributed by atoms with van der Waals surface area (Å²) in [6.45, 7) is 7.67. The van der Waals surface area contributed by atoms with E-state index in [9.17, 15) is 5.11 Å².